The van der Waals surface area contributed by atoms with Gasteiger partial charge in [-0.15, -0.1) is 0 Å². The molecule has 0 unspecified atom stereocenters. The molecule has 2 heterocycles. The molecule has 1 fully saturated rings. The quantitative estimate of drug-likeness (QED) is 0.765. The number of pyridine rings is 1. The van der Waals surface area contributed by atoms with E-state index in [0.717, 1.165) is 40.7 Å². The average Bonchev–Trinajstić information content (AvgIpc) is 2.69. The van der Waals surface area contributed by atoms with E-state index in [1.54, 1.807) is 0 Å². The monoisotopic (exact) mass is 375 g/mol. The highest BCUT2D eigenvalue weighted by atomic mass is 16.2. The summed E-state index contributed by atoms with van der Waals surface area (Å²) in [6, 6.07) is 15.8. The normalized spacial score (nSPS) is 15.1. The fraction of sp³-hybridized carbons (Fsp3) is 0.304. The molecule has 2 aromatic carbocycles. The summed E-state index contributed by atoms with van der Waals surface area (Å²) in [6.45, 7) is 7.51. The molecular weight excluding hydrogens is 350 g/mol. The number of aromatic amines is 1. The average molecular weight is 375 g/mol. The van der Waals surface area contributed by atoms with Crippen LogP contribution in [0.3, 0.4) is 0 Å². The fourth-order valence-corrected chi connectivity index (χ4v) is 3.82. The Kier molecular flexibility index (Phi) is 5.01. The molecule has 0 radical (unpaired) electrons. The van der Waals surface area contributed by atoms with Gasteiger partial charge in [-0.1, -0.05) is 29.8 Å². The second-order valence-corrected chi connectivity index (χ2v) is 7.60. The maximum Gasteiger partial charge on any atom is 0.254 e. The molecule has 28 heavy (non-hydrogen) atoms. The molecule has 5 heteroatoms. The van der Waals surface area contributed by atoms with Crippen molar-refractivity contribution < 1.29 is 4.79 Å². The van der Waals surface area contributed by atoms with Gasteiger partial charge in [-0.25, -0.2) is 0 Å². The minimum Gasteiger partial charge on any atom is -0.336 e. The molecule has 144 valence electrons. The van der Waals surface area contributed by atoms with Gasteiger partial charge in [0.1, 0.15) is 0 Å². The van der Waals surface area contributed by atoms with Crippen LogP contribution in [0.4, 0.5) is 0 Å². The van der Waals surface area contributed by atoms with E-state index < -0.39 is 0 Å². The predicted molar refractivity (Wildman–Crippen MR) is 112 cm³/mol. The standard InChI is InChI=1S/C23H25N3O2/c1-16-7-8-21-18(13-16)14-19(22(27)24-21)15-25-9-11-26(12-10-25)23(28)20-6-4-3-5-17(20)2/h3-8,13-14H,9-12,15H2,1-2H3,(H,24,27). The van der Waals surface area contributed by atoms with Gasteiger partial charge >= 0.3 is 0 Å². The van der Waals surface area contributed by atoms with Crippen LogP contribution in [0.15, 0.2) is 53.3 Å². The van der Waals surface area contributed by atoms with Crippen LogP contribution in [0.25, 0.3) is 10.9 Å². The van der Waals surface area contributed by atoms with Gasteiger partial charge in [0, 0.05) is 49.4 Å². The van der Waals surface area contributed by atoms with Crippen molar-refractivity contribution in [2.45, 2.75) is 20.4 Å². The Morgan fingerprint density at radius 2 is 1.75 bits per heavy atom. The number of amides is 1. The van der Waals surface area contributed by atoms with Gasteiger partial charge in [-0.05, 0) is 49.1 Å². The minimum absolute atomic E-state index is 0.0326. The molecule has 0 saturated carbocycles. The molecule has 1 aliphatic heterocycles. The van der Waals surface area contributed by atoms with E-state index in [0.29, 0.717) is 19.6 Å². The van der Waals surface area contributed by atoms with Crippen molar-refractivity contribution in [3.63, 3.8) is 0 Å². The van der Waals surface area contributed by atoms with Crippen molar-refractivity contribution >= 4 is 16.8 Å². The molecule has 4 rings (SSSR count). The number of nitrogens with zero attached hydrogens (tertiary/aromatic N) is 2. The van der Waals surface area contributed by atoms with Gasteiger partial charge in [0.2, 0.25) is 0 Å². The second kappa shape index (κ2) is 7.60. The second-order valence-electron chi connectivity index (χ2n) is 7.60. The van der Waals surface area contributed by atoms with Crippen LogP contribution in [0.5, 0.6) is 0 Å². The van der Waals surface area contributed by atoms with Gasteiger partial charge in [-0.3, -0.25) is 14.5 Å². The molecule has 1 aliphatic rings. The number of H-pyrrole nitrogens is 1. The highest BCUT2D eigenvalue weighted by Crippen LogP contribution is 2.16. The van der Waals surface area contributed by atoms with E-state index in [-0.39, 0.29) is 11.5 Å². The summed E-state index contributed by atoms with van der Waals surface area (Å²) in [4.78, 5) is 32.3. The smallest absolute Gasteiger partial charge is 0.254 e. The SMILES string of the molecule is Cc1ccc2[nH]c(=O)c(CN3CCN(C(=O)c4ccccc4C)CC3)cc2c1. The van der Waals surface area contributed by atoms with E-state index in [4.69, 9.17) is 0 Å². The Labute approximate surface area is 164 Å². The first-order valence-electron chi connectivity index (χ1n) is 9.71. The Bertz CT molecular complexity index is 1080. The van der Waals surface area contributed by atoms with Crippen LogP contribution in [0.1, 0.15) is 27.0 Å². The zero-order chi connectivity index (χ0) is 19.7. The molecular formula is C23H25N3O2. The molecule has 0 bridgehead atoms. The third-order valence-electron chi connectivity index (χ3n) is 5.51. The Balaban J connectivity index is 1.44. The third kappa shape index (κ3) is 3.71. The molecule has 1 aromatic heterocycles. The zero-order valence-corrected chi connectivity index (χ0v) is 16.4. The van der Waals surface area contributed by atoms with Gasteiger partial charge in [0.25, 0.3) is 11.5 Å². The first-order chi connectivity index (χ1) is 13.5. The summed E-state index contributed by atoms with van der Waals surface area (Å²) in [7, 11) is 0. The maximum absolute atomic E-state index is 12.8. The summed E-state index contributed by atoms with van der Waals surface area (Å²) in [5, 5.41) is 1.06. The van der Waals surface area contributed by atoms with Crippen molar-refractivity contribution in [2.75, 3.05) is 26.2 Å². The summed E-state index contributed by atoms with van der Waals surface area (Å²) in [6.07, 6.45) is 0. The number of nitrogens with one attached hydrogen (secondary N) is 1. The van der Waals surface area contributed by atoms with Crippen LogP contribution in [0.2, 0.25) is 0 Å². The summed E-state index contributed by atoms with van der Waals surface area (Å²) in [5.74, 6) is 0.0942. The van der Waals surface area contributed by atoms with Crippen molar-refractivity contribution in [2.24, 2.45) is 0 Å². The Hall–Kier alpha value is -2.92. The van der Waals surface area contributed by atoms with Crippen LogP contribution in [-0.2, 0) is 6.54 Å². The van der Waals surface area contributed by atoms with E-state index in [1.807, 2.05) is 54.3 Å². The number of rotatable bonds is 3. The number of fused-ring (bicyclic) bond motifs is 1. The van der Waals surface area contributed by atoms with Crippen molar-refractivity contribution in [1.29, 1.82) is 0 Å². The first kappa shape index (κ1) is 18.4. The number of aromatic nitrogens is 1. The van der Waals surface area contributed by atoms with Crippen LogP contribution < -0.4 is 5.56 Å². The summed E-state index contributed by atoms with van der Waals surface area (Å²) < 4.78 is 0. The van der Waals surface area contributed by atoms with Crippen molar-refractivity contribution in [3.8, 4) is 0 Å². The number of hydrogen-bond donors (Lipinski definition) is 1. The fourth-order valence-electron chi connectivity index (χ4n) is 3.82. The van der Waals surface area contributed by atoms with Gasteiger partial charge in [0.15, 0.2) is 0 Å². The van der Waals surface area contributed by atoms with Crippen molar-refractivity contribution in [1.82, 2.24) is 14.8 Å². The third-order valence-corrected chi connectivity index (χ3v) is 5.51. The molecule has 1 saturated heterocycles. The number of hydrogen-bond acceptors (Lipinski definition) is 3. The summed E-state index contributed by atoms with van der Waals surface area (Å²) >= 11 is 0. The number of aryl methyl sites for hydroxylation is 2. The first-order valence-corrected chi connectivity index (χ1v) is 9.71. The van der Waals surface area contributed by atoms with Gasteiger partial charge < -0.3 is 9.88 Å². The topological polar surface area (TPSA) is 56.4 Å². The van der Waals surface area contributed by atoms with E-state index in [1.165, 1.54) is 5.56 Å². The minimum atomic E-state index is -0.0326. The van der Waals surface area contributed by atoms with E-state index in [2.05, 4.69) is 22.9 Å². The number of carbonyl (C=O) groups excluding carboxylic acids is 1. The molecule has 0 spiro atoms. The zero-order valence-electron chi connectivity index (χ0n) is 16.4. The lowest BCUT2D eigenvalue weighted by Gasteiger charge is -2.35. The lowest BCUT2D eigenvalue weighted by molar-refractivity contribution is 0.0627. The number of piperazine rings is 1. The largest absolute Gasteiger partial charge is 0.336 e. The lowest BCUT2D eigenvalue weighted by atomic mass is 10.1. The van der Waals surface area contributed by atoms with Crippen molar-refractivity contribution in [3.05, 3.63) is 81.1 Å². The van der Waals surface area contributed by atoms with Crippen LogP contribution in [0, 0.1) is 13.8 Å². The summed E-state index contributed by atoms with van der Waals surface area (Å²) in [5.41, 5.74) is 4.57. The molecule has 0 atom stereocenters. The number of carbonyl (C=O) groups is 1. The molecule has 3 aromatic rings. The van der Waals surface area contributed by atoms with Crippen LogP contribution in [-0.4, -0.2) is 46.9 Å². The highest BCUT2D eigenvalue weighted by molar-refractivity contribution is 5.95. The maximum atomic E-state index is 12.8. The van der Waals surface area contributed by atoms with Crippen LogP contribution >= 0.6 is 0 Å². The Morgan fingerprint density at radius 3 is 2.50 bits per heavy atom. The molecule has 1 amide bonds. The Morgan fingerprint density at radius 1 is 1.00 bits per heavy atom. The predicted octanol–water partition coefficient (Wildman–Crippen LogP) is 3.10. The van der Waals surface area contributed by atoms with E-state index in [9.17, 15) is 9.59 Å². The lowest BCUT2D eigenvalue weighted by Crippen LogP contribution is -2.48. The highest BCUT2D eigenvalue weighted by Gasteiger charge is 2.23. The van der Waals surface area contributed by atoms with Gasteiger partial charge in [0.05, 0.1) is 0 Å². The van der Waals surface area contributed by atoms with E-state index >= 15 is 0 Å². The molecule has 5 nitrogen and oxygen atoms in total. The molecule has 1 N–H and O–H groups in total. The number of benzene rings is 2. The molecule has 0 aliphatic carbocycles. The van der Waals surface area contributed by atoms with Gasteiger partial charge in [-0.2, -0.15) is 0 Å².